The summed E-state index contributed by atoms with van der Waals surface area (Å²) in [7, 11) is 0. The van der Waals surface area contributed by atoms with Gasteiger partial charge in [0.2, 0.25) is 0 Å². The van der Waals surface area contributed by atoms with Gasteiger partial charge in [-0.25, -0.2) is 0 Å². The lowest BCUT2D eigenvalue weighted by Gasteiger charge is -2.20. The van der Waals surface area contributed by atoms with E-state index in [1.165, 1.54) is 0 Å². The molecule has 0 spiro atoms. The van der Waals surface area contributed by atoms with Gasteiger partial charge in [-0.1, -0.05) is 18.2 Å². The summed E-state index contributed by atoms with van der Waals surface area (Å²) in [6.07, 6.45) is 0.915. The molecule has 0 saturated heterocycles. The van der Waals surface area contributed by atoms with E-state index in [2.05, 4.69) is 0 Å². The van der Waals surface area contributed by atoms with Crippen molar-refractivity contribution < 1.29 is 4.74 Å². The lowest BCUT2D eigenvalue weighted by atomic mass is 10.1. The zero-order valence-electron chi connectivity index (χ0n) is 6.09. The maximum Gasteiger partial charge on any atom is 0.123 e. The molecule has 11 heavy (non-hydrogen) atoms. The highest BCUT2D eigenvalue weighted by molar-refractivity contribution is 6.21. The Balaban J connectivity index is 2.44. The zero-order valence-corrected chi connectivity index (χ0v) is 6.84. The summed E-state index contributed by atoms with van der Waals surface area (Å²) in [6.45, 7) is 0.741. The summed E-state index contributed by atoms with van der Waals surface area (Å²) in [5.74, 6) is 0.943. The number of fused-ring (bicyclic) bond motifs is 1. The first-order chi connectivity index (χ1) is 5.38. The first-order valence-electron chi connectivity index (χ1n) is 3.74. The minimum atomic E-state index is 0.139. The predicted molar refractivity (Wildman–Crippen MR) is 45.1 cm³/mol. The number of benzene rings is 1. The number of hydrogen-bond donors (Lipinski definition) is 0. The van der Waals surface area contributed by atoms with Crippen LogP contribution in [0.4, 0.5) is 0 Å². The Hall–Kier alpha value is -0.690. The van der Waals surface area contributed by atoms with Crippen molar-refractivity contribution in [3.63, 3.8) is 0 Å². The average molecular weight is 169 g/mol. The lowest BCUT2D eigenvalue weighted by Crippen LogP contribution is -2.09. The fraction of sp³-hybridized carbons (Fsp3) is 0.333. The van der Waals surface area contributed by atoms with E-state index in [4.69, 9.17) is 16.3 Å². The highest BCUT2D eigenvalue weighted by Crippen LogP contribution is 2.35. The number of alkyl halides is 1. The predicted octanol–water partition coefficient (Wildman–Crippen LogP) is 2.75. The van der Waals surface area contributed by atoms with Gasteiger partial charge in [0.05, 0.1) is 12.0 Å². The van der Waals surface area contributed by atoms with E-state index < -0.39 is 0 Å². The molecule has 0 unspecified atom stereocenters. The van der Waals surface area contributed by atoms with Gasteiger partial charge in [-0.2, -0.15) is 0 Å². The summed E-state index contributed by atoms with van der Waals surface area (Å²) in [5.41, 5.74) is 1.13. The van der Waals surface area contributed by atoms with Crippen LogP contribution in [0, 0.1) is 0 Å². The van der Waals surface area contributed by atoms with Gasteiger partial charge in [0, 0.05) is 12.0 Å². The fourth-order valence-corrected chi connectivity index (χ4v) is 1.57. The summed E-state index contributed by atoms with van der Waals surface area (Å²) >= 11 is 6.07. The average Bonchev–Trinajstić information content (AvgIpc) is 2.06. The Morgan fingerprint density at radius 2 is 2.18 bits per heavy atom. The summed E-state index contributed by atoms with van der Waals surface area (Å²) < 4.78 is 5.41. The fourth-order valence-electron chi connectivity index (χ4n) is 1.30. The van der Waals surface area contributed by atoms with Crippen LogP contribution in [0.2, 0.25) is 0 Å². The molecule has 2 rings (SSSR count). The minimum absolute atomic E-state index is 0.139. The zero-order chi connectivity index (χ0) is 7.68. The first kappa shape index (κ1) is 6.99. The summed E-state index contributed by atoms with van der Waals surface area (Å²) in [4.78, 5) is 0. The standard InChI is InChI=1S/C9H9ClO/c10-8-5-6-11-9-4-2-1-3-7(8)9/h1-4,8H,5-6H2/t8-/m1/s1. The first-order valence-corrected chi connectivity index (χ1v) is 4.17. The Morgan fingerprint density at radius 3 is 3.00 bits per heavy atom. The van der Waals surface area contributed by atoms with E-state index in [1.807, 2.05) is 24.3 Å². The number of hydrogen-bond acceptors (Lipinski definition) is 1. The van der Waals surface area contributed by atoms with Crippen LogP contribution >= 0.6 is 11.6 Å². The molecule has 0 N–H and O–H groups in total. The van der Waals surface area contributed by atoms with Crippen LogP contribution in [0.1, 0.15) is 17.4 Å². The third kappa shape index (κ3) is 1.21. The molecule has 1 heterocycles. The molecule has 58 valence electrons. The normalized spacial score (nSPS) is 22.1. The van der Waals surface area contributed by atoms with Gasteiger partial charge >= 0.3 is 0 Å². The van der Waals surface area contributed by atoms with Crippen LogP contribution in [-0.4, -0.2) is 6.61 Å². The second kappa shape index (κ2) is 2.74. The van der Waals surface area contributed by atoms with Crippen molar-refractivity contribution in [3.8, 4) is 5.75 Å². The summed E-state index contributed by atoms with van der Waals surface area (Å²) in [5, 5.41) is 0.139. The van der Waals surface area contributed by atoms with Gasteiger partial charge in [-0.3, -0.25) is 0 Å². The van der Waals surface area contributed by atoms with Crippen molar-refractivity contribution in [2.75, 3.05) is 6.61 Å². The van der Waals surface area contributed by atoms with Gasteiger partial charge < -0.3 is 4.74 Å². The highest BCUT2D eigenvalue weighted by Gasteiger charge is 2.17. The van der Waals surface area contributed by atoms with Gasteiger partial charge in [0.25, 0.3) is 0 Å². The number of ether oxygens (including phenoxy) is 1. The van der Waals surface area contributed by atoms with Crippen molar-refractivity contribution in [2.45, 2.75) is 11.8 Å². The Bertz CT molecular complexity index is 259. The molecule has 0 fully saturated rings. The molecule has 1 atom stereocenters. The van der Waals surface area contributed by atoms with Crippen LogP contribution in [0.5, 0.6) is 5.75 Å². The molecule has 0 amide bonds. The van der Waals surface area contributed by atoms with Crippen LogP contribution < -0.4 is 4.74 Å². The Morgan fingerprint density at radius 1 is 1.36 bits per heavy atom. The molecule has 0 bridgehead atoms. The van der Waals surface area contributed by atoms with Crippen molar-refractivity contribution in [3.05, 3.63) is 29.8 Å². The topological polar surface area (TPSA) is 9.23 Å². The molecule has 1 aliphatic heterocycles. The van der Waals surface area contributed by atoms with Gasteiger partial charge in [0.15, 0.2) is 0 Å². The van der Waals surface area contributed by atoms with Crippen molar-refractivity contribution in [1.82, 2.24) is 0 Å². The lowest BCUT2D eigenvalue weighted by molar-refractivity contribution is 0.285. The second-order valence-corrected chi connectivity index (χ2v) is 3.17. The molecule has 0 aliphatic carbocycles. The maximum absolute atomic E-state index is 6.07. The largest absolute Gasteiger partial charge is 0.493 e. The molecule has 1 nitrogen and oxygen atoms in total. The molecule has 2 heteroatoms. The summed E-state index contributed by atoms with van der Waals surface area (Å²) in [6, 6.07) is 7.94. The number of para-hydroxylation sites is 1. The second-order valence-electron chi connectivity index (χ2n) is 2.64. The van der Waals surface area contributed by atoms with Crippen LogP contribution in [0.3, 0.4) is 0 Å². The Labute approximate surface area is 70.9 Å². The van der Waals surface area contributed by atoms with E-state index in [0.717, 1.165) is 24.3 Å². The molecule has 0 saturated carbocycles. The molecule has 0 radical (unpaired) electrons. The third-order valence-electron chi connectivity index (χ3n) is 1.89. The van der Waals surface area contributed by atoms with Crippen LogP contribution in [-0.2, 0) is 0 Å². The minimum Gasteiger partial charge on any atom is -0.493 e. The smallest absolute Gasteiger partial charge is 0.123 e. The van der Waals surface area contributed by atoms with Crippen molar-refractivity contribution >= 4 is 11.6 Å². The monoisotopic (exact) mass is 168 g/mol. The van der Waals surface area contributed by atoms with E-state index in [-0.39, 0.29) is 5.38 Å². The molecule has 1 aromatic carbocycles. The van der Waals surface area contributed by atoms with E-state index in [9.17, 15) is 0 Å². The van der Waals surface area contributed by atoms with Gasteiger partial charge in [-0.15, -0.1) is 11.6 Å². The van der Waals surface area contributed by atoms with Crippen LogP contribution in [0.15, 0.2) is 24.3 Å². The van der Waals surface area contributed by atoms with Crippen molar-refractivity contribution in [2.24, 2.45) is 0 Å². The van der Waals surface area contributed by atoms with Gasteiger partial charge in [0.1, 0.15) is 5.75 Å². The van der Waals surface area contributed by atoms with E-state index >= 15 is 0 Å². The van der Waals surface area contributed by atoms with E-state index in [1.54, 1.807) is 0 Å². The highest BCUT2D eigenvalue weighted by atomic mass is 35.5. The van der Waals surface area contributed by atoms with Crippen LogP contribution in [0.25, 0.3) is 0 Å². The molecule has 1 aromatic rings. The van der Waals surface area contributed by atoms with Gasteiger partial charge in [-0.05, 0) is 6.07 Å². The van der Waals surface area contributed by atoms with Crippen molar-refractivity contribution in [1.29, 1.82) is 0 Å². The number of halogens is 1. The molecular weight excluding hydrogens is 160 g/mol. The third-order valence-corrected chi connectivity index (χ3v) is 2.34. The molecule has 0 aromatic heterocycles. The SMILES string of the molecule is Cl[C@@H]1CCOc2ccccc21. The molecule has 1 aliphatic rings. The van der Waals surface area contributed by atoms with E-state index in [0.29, 0.717) is 0 Å². The Kier molecular flexibility index (Phi) is 1.74. The number of rotatable bonds is 0. The maximum atomic E-state index is 6.07. The molecular formula is C9H9ClO. The quantitative estimate of drug-likeness (QED) is 0.542.